The third-order valence-corrected chi connectivity index (χ3v) is 14.0. The zero-order valence-corrected chi connectivity index (χ0v) is 54.6. The number of aromatic nitrogens is 13. The molecule has 0 fully saturated rings. The zero-order chi connectivity index (χ0) is 64.7. The highest BCUT2D eigenvalue weighted by atomic mass is 35.5. The van der Waals surface area contributed by atoms with Gasteiger partial charge in [0.05, 0.1) is 64.2 Å². The minimum Gasteiger partial charge on any atom is -0.354 e. The first-order chi connectivity index (χ1) is 42.7. The monoisotopic (exact) mass is 1270 g/mol. The summed E-state index contributed by atoms with van der Waals surface area (Å²) in [6.45, 7) is 30.6. The predicted octanol–water partition coefficient (Wildman–Crippen LogP) is 15.9. The van der Waals surface area contributed by atoms with Crippen LogP contribution in [-0.4, -0.2) is 115 Å². The zero-order valence-electron chi connectivity index (χ0n) is 52.3. The molecule has 9 aromatic heterocycles. The molecule has 0 aliphatic carbocycles. The number of nitrogens with zero attached hydrogens (tertiary/aromatic N) is 16. The Bertz CT molecular complexity index is 3870. The topological polar surface area (TPSA) is 189 Å². The van der Waals surface area contributed by atoms with Crippen LogP contribution in [0.25, 0.3) is 66.4 Å². The number of pyridine rings is 5. The van der Waals surface area contributed by atoms with Crippen molar-refractivity contribution in [3.63, 3.8) is 0 Å². The van der Waals surface area contributed by atoms with E-state index in [9.17, 15) is 13.2 Å². The first-order valence-corrected chi connectivity index (χ1v) is 30.4. The van der Waals surface area contributed by atoms with Crippen molar-refractivity contribution in [2.75, 3.05) is 40.9 Å². The Hall–Kier alpha value is -8.43. The van der Waals surface area contributed by atoms with Crippen LogP contribution in [0.2, 0.25) is 15.7 Å². The van der Waals surface area contributed by atoms with E-state index in [1.165, 1.54) is 24.5 Å². The van der Waals surface area contributed by atoms with Crippen LogP contribution >= 0.6 is 34.8 Å². The second kappa shape index (κ2) is 34.4. The van der Waals surface area contributed by atoms with Gasteiger partial charge in [-0.05, 0) is 153 Å². The molecule has 11 rings (SSSR count). The molecule has 89 heavy (non-hydrogen) atoms. The van der Waals surface area contributed by atoms with Gasteiger partial charge in [-0.25, -0.2) is 48.1 Å². The Morgan fingerprint density at radius 1 is 0.404 bits per heavy atom. The van der Waals surface area contributed by atoms with Crippen molar-refractivity contribution in [1.29, 1.82) is 0 Å². The van der Waals surface area contributed by atoms with Gasteiger partial charge in [0.25, 0.3) is 0 Å². The van der Waals surface area contributed by atoms with E-state index < -0.39 is 5.82 Å². The molecule has 2 aromatic carbocycles. The average Bonchev–Trinajstić information content (AvgIpc) is 2.97. The number of hydrogen-bond donors (Lipinski definition) is 1. The van der Waals surface area contributed by atoms with Crippen LogP contribution in [0.1, 0.15) is 88.6 Å². The van der Waals surface area contributed by atoms with Gasteiger partial charge >= 0.3 is 0 Å². The maximum Gasteiger partial charge on any atom is 0.224 e. The summed E-state index contributed by atoms with van der Waals surface area (Å²) in [5.41, 5.74) is 4.29. The van der Waals surface area contributed by atoms with Crippen molar-refractivity contribution in [2.24, 2.45) is 0 Å². The van der Waals surface area contributed by atoms with Crippen LogP contribution in [0.15, 0.2) is 141 Å². The Balaban J connectivity index is 0.000000179. The fraction of sp³-hybridized carbons (Fsp3) is 0.318. The lowest BCUT2D eigenvalue weighted by atomic mass is 10.1. The van der Waals surface area contributed by atoms with E-state index in [4.69, 9.17) is 34.8 Å². The summed E-state index contributed by atoms with van der Waals surface area (Å²) in [4.78, 5) is 61.1. The summed E-state index contributed by atoms with van der Waals surface area (Å²) in [5.74, 6) is 2.32. The molecule has 0 atom stereocenters. The van der Waals surface area contributed by atoms with Crippen LogP contribution in [0.5, 0.6) is 0 Å². The van der Waals surface area contributed by atoms with E-state index in [-0.39, 0.29) is 34.3 Å². The fourth-order valence-corrected chi connectivity index (χ4v) is 9.74. The SMILES string of the molecule is CCN(c1nc(-c2ccccc2F)nc2cnccc12)C(C)C.CCN(c1nc(-c2ccncc2F)nc2cnccc12)C(C)C.CCN(c1nc(Cl)nc2cnccc12)C(C)C.CCNC(C)C.Cc1ccccc1F.Clc1nc(Cl)c2ccncc2n1. The Morgan fingerprint density at radius 3 is 1.16 bits per heavy atom. The van der Waals surface area contributed by atoms with Gasteiger partial charge in [-0.3, -0.25) is 24.9 Å². The Morgan fingerprint density at radius 2 is 0.775 bits per heavy atom. The molecular weight excluding hydrogens is 1190 g/mol. The molecule has 466 valence electrons. The number of rotatable bonds is 13. The highest BCUT2D eigenvalue weighted by molar-refractivity contribution is 6.35. The van der Waals surface area contributed by atoms with Gasteiger partial charge < -0.3 is 20.0 Å². The maximum atomic E-state index is 14.1. The molecule has 17 nitrogen and oxygen atoms in total. The Labute approximate surface area is 533 Å². The molecule has 1 N–H and O–H groups in total. The molecule has 23 heteroatoms. The summed E-state index contributed by atoms with van der Waals surface area (Å²) < 4.78 is 40.5. The lowest BCUT2D eigenvalue weighted by molar-refractivity contribution is 0.613. The standard InChI is InChI=1S/C18H19FN4.C17H18FN5.C12H15ClN4.C7H3Cl2N3.C7H7F.C5H13N/c1-4-23(12(2)3)18-14-9-10-20-11-16(14)21-17(22-18)13-7-5-6-8-15(13)19;1-4-23(11(2)3)17-13-6-8-20-10-15(13)21-16(22-17)12-5-7-19-9-14(12)18;1-4-17(8(2)3)11-9-5-6-14-7-10(9)15-12(13)16-11;8-6-4-1-2-10-3-5(4)11-7(9)12-6;1-6-4-2-3-5-7(6)8;1-4-6-5(2)3/h5-12H,4H2,1-3H3;5-11H,4H2,1-3H3;5-8H,4H2,1-3H3;1-3H;2-5H,1H3;5-6H,4H2,1-3H3. The summed E-state index contributed by atoms with van der Waals surface area (Å²) >= 11 is 17.3. The quantitative estimate of drug-likeness (QED) is 0.0846. The number of halogens is 6. The van der Waals surface area contributed by atoms with Gasteiger partial charge in [0.1, 0.15) is 34.2 Å². The highest BCUT2D eigenvalue weighted by Crippen LogP contribution is 2.32. The smallest absolute Gasteiger partial charge is 0.224 e. The van der Waals surface area contributed by atoms with E-state index in [0.29, 0.717) is 56.6 Å². The molecule has 0 bridgehead atoms. The van der Waals surface area contributed by atoms with Crippen LogP contribution in [0.3, 0.4) is 0 Å². The van der Waals surface area contributed by atoms with Crippen LogP contribution < -0.4 is 20.0 Å². The minimum atomic E-state index is -0.436. The van der Waals surface area contributed by atoms with Crippen LogP contribution in [-0.2, 0) is 0 Å². The van der Waals surface area contributed by atoms with Crippen molar-refractivity contribution < 1.29 is 13.2 Å². The molecule has 0 spiro atoms. The van der Waals surface area contributed by atoms with Gasteiger partial charge in [0.15, 0.2) is 17.5 Å². The van der Waals surface area contributed by atoms with Crippen molar-refractivity contribution in [1.82, 2.24) is 70.1 Å². The van der Waals surface area contributed by atoms with Crippen molar-refractivity contribution in [3.05, 3.63) is 180 Å². The molecule has 0 saturated heterocycles. The van der Waals surface area contributed by atoms with Gasteiger partial charge in [-0.2, -0.15) is 4.98 Å². The van der Waals surface area contributed by atoms with Crippen molar-refractivity contribution >= 4 is 95.9 Å². The number of fused-ring (bicyclic) bond motifs is 4. The first-order valence-electron chi connectivity index (χ1n) is 29.2. The molecule has 0 unspecified atom stereocenters. The number of anilines is 3. The second-order valence-corrected chi connectivity index (χ2v) is 21.9. The molecule has 11 aromatic rings. The molecule has 0 amide bonds. The third kappa shape index (κ3) is 19.3. The summed E-state index contributed by atoms with van der Waals surface area (Å²) in [7, 11) is 0. The highest BCUT2D eigenvalue weighted by Gasteiger charge is 2.21. The van der Waals surface area contributed by atoms with Crippen molar-refractivity contribution in [2.45, 2.75) is 114 Å². The molecule has 0 saturated carbocycles. The van der Waals surface area contributed by atoms with Crippen LogP contribution in [0.4, 0.5) is 30.6 Å². The number of benzene rings is 2. The van der Waals surface area contributed by atoms with Crippen molar-refractivity contribution in [3.8, 4) is 22.8 Å². The molecule has 0 radical (unpaired) electrons. The summed E-state index contributed by atoms with van der Waals surface area (Å²) in [6.07, 6.45) is 16.2. The normalized spacial score (nSPS) is 10.8. The molecule has 0 aliphatic rings. The number of aryl methyl sites for hydroxylation is 1. The van der Waals surface area contributed by atoms with Crippen LogP contribution in [0, 0.1) is 24.4 Å². The fourth-order valence-electron chi connectivity index (χ4n) is 9.11. The summed E-state index contributed by atoms with van der Waals surface area (Å²) in [5, 5.41) is 7.55. The van der Waals surface area contributed by atoms with Gasteiger partial charge in [0, 0.05) is 96.3 Å². The minimum absolute atomic E-state index is 0.132. The molecule has 9 heterocycles. The lowest BCUT2D eigenvalue weighted by Crippen LogP contribution is -2.31. The van der Waals surface area contributed by atoms with E-state index >= 15 is 0 Å². The van der Waals surface area contributed by atoms with E-state index in [1.54, 1.807) is 99.0 Å². The van der Waals surface area contributed by atoms with E-state index in [2.05, 4.69) is 168 Å². The second-order valence-electron chi connectivity index (χ2n) is 20.8. The van der Waals surface area contributed by atoms with E-state index in [1.807, 2.05) is 24.3 Å². The predicted molar refractivity (Wildman–Crippen MR) is 357 cm³/mol. The number of hydrogen-bond acceptors (Lipinski definition) is 17. The van der Waals surface area contributed by atoms with Gasteiger partial charge in [-0.1, -0.05) is 62.7 Å². The van der Waals surface area contributed by atoms with E-state index in [0.717, 1.165) is 76.2 Å². The Kier molecular flexibility index (Phi) is 26.9. The van der Waals surface area contributed by atoms with Gasteiger partial charge in [0.2, 0.25) is 10.6 Å². The first kappa shape index (κ1) is 69.7. The largest absolute Gasteiger partial charge is 0.354 e. The molecular formula is C66H75Cl3F3N17. The molecule has 0 aliphatic heterocycles. The summed E-state index contributed by atoms with van der Waals surface area (Å²) in [6, 6.07) is 23.9. The third-order valence-electron chi connectivity index (χ3n) is 13.4. The maximum absolute atomic E-state index is 14.1. The van der Waals surface area contributed by atoms with Gasteiger partial charge in [-0.15, -0.1) is 0 Å². The number of nitrogens with one attached hydrogen (secondary N) is 1. The lowest BCUT2D eigenvalue weighted by Gasteiger charge is -2.27. The average molecular weight is 1270 g/mol.